The second-order valence-electron chi connectivity index (χ2n) is 34.0. The first-order chi connectivity index (χ1) is 54.3. The lowest BCUT2D eigenvalue weighted by Crippen LogP contribution is -2.50. The van der Waals surface area contributed by atoms with Gasteiger partial charge in [-0.1, -0.05) is 91.9 Å². The first kappa shape index (κ1) is 91.3. The van der Waals surface area contributed by atoms with Crippen LogP contribution in [0.1, 0.15) is 309 Å². The maximum Gasteiger partial charge on any atom is 0.418 e. The average molecular weight is 1650 g/mol. The molecule has 0 aromatic carbocycles. The first-order valence-corrected chi connectivity index (χ1v) is 45.0. The van der Waals surface area contributed by atoms with Crippen molar-refractivity contribution in [3.8, 4) is 0 Å². The predicted octanol–water partition coefficient (Wildman–Crippen LogP) is 11.8. The van der Waals surface area contributed by atoms with E-state index in [9.17, 15) is 50.6 Å². The number of nitrogens with zero attached hydrogens (tertiary/aromatic N) is 15. The fourth-order valence-electron chi connectivity index (χ4n) is 16.9. The SMILES string of the molecule is CC(C)(C)OC(=O)N(CCCc1nnc([C@@H]2CC[C@@H]3CN2C(=O)N3O)o1)C1CCCCC1.CC(C)(C)OC(=O)N(CCCc1nnc([C@@H]2CC[C@@H]3CN2C(=O)N3OS(=O)(=O)[O-])o1)C1CCCCC1.CCCC[N+](CCCC)(CCCC)CCCC.O=C1N2C[C@@H](CC[C@H]2c2nnc(CCCNC3CCNCC3)o2)N1OS(=O)(=O)O. The number of urea groups is 3. The number of aromatic nitrogens is 6. The van der Waals surface area contributed by atoms with Crippen molar-refractivity contribution in [2.24, 2.45) is 0 Å². The molecule has 4 N–H and O–H groups in total. The van der Waals surface area contributed by atoms with Crippen molar-refractivity contribution in [3.05, 3.63) is 35.3 Å². The van der Waals surface area contributed by atoms with Crippen molar-refractivity contribution >= 4 is 51.1 Å². The fraction of sp³-hybridized carbons (Fsp3) is 0.855. The van der Waals surface area contributed by atoms with Crippen LogP contribution >= 0.6 is 0 Å². The number of amides is 8. The molecule has 3 aromatic heterocycles. The summed E-state index contributed by atoms with van der Waals surface area (Å²) >= 11 is 0. The third-order valence-corrected chi connectivity index (χ3v) is 23.5. The van der Waals surface area contributed by atoms with E-state index >= 15 is 0 Å². The molecule has 9 fully saturated rings. The lowest BCUT2D eigenvalue weighted by Gasteiger charge is -2.39. The number of unbranched alkanes of at least 4 members (excludes halogenated alkanes) is 4. The van der Waals surface area contributed by atoms with E-state index in [0.717, 1.165) is 95.3 Å². The molecular formula is C76H131N17O19S2. The number of piperidine rings is 4. The molecule has 36 nitrogen and oxygen atoms in total. The molecule has 7 aliphatic heterocycles. The van der Waals surface area contributed by atoms with Crippen molar-refractivity contribution in [3.63, 3.8) is 0 Å². The van der Waals surface area contributed by atoms with Crippen LogP contribution in [0.25, 0.3) is 0 Å². The predicted molar refractivity (Wildman–Crippen MR) is 415 cm³/mol. The first-order valence-electron chi connectivity index (χ1n) is 42.3. The van der Waals surface area contributed by atoms with Crippen molar-refractivity contribution in [2.45, 2.75) is 340 Å². The van der Waals surface area contributed by atoms with Gasteiger partial charge in [-0.2, -0.15) is 22.8 Å². The third-order valence-electron chi connectivity index (χ3n) is 22.8. The van der Waals surface area contributed by atoms with Gasteiger partial charge in [-0.3, -0.25) is 9.76 Å². The lowest BCUT2D eigenvalue weighted by molar-refractivity contribution is -0.929. The summed E-state index contributed by atoms with van der Waals surface area (Å²) < 4.78 is 103. The largest absolute Gasteiger partial charge is 0.724 e. The lowest BCUT2D eigenvalue weighted by atomic mass is 9.94. The highest BCUT2D eigenvalue weighted by Crippen LogP contribution is 2.42. The summed E-state index contributed by atoms with van der Waals surface area (Å²) in [6.45, 7) is 31.2. The number of hydrogen-bond acceptors (Lipinski definition) is 26. The Kier molecular flexibility index (Phi) is 34.1. The topological polar surface area (TPSA) is 421 Å². The van der Waals surface area contributed by atoms with E-state index in [2.05, 4.69) is 77.5 Å². The summed E-state index contributed by atoms with van der Waals surface area (Å²) in [4.78, 5) is 71.1. The van der Waals surface area contributed by atoms with E-state index in [1.165, 1.54) is 105 Å². The molecule has 646 valence electrons. The molecule has 2 saturated carbocycles. The zero-order valence-corrected chi connectivity index (χ0v) is 70.8. The highest BCUT2D eigenvalue weighted by molar-refractivity contribution is 7.81. The Morgan fingerprint density at radius 2 is 0.886 bits per heavy atom. The Bertz CT molecular complexity index is 3690. The third kappa shape index (κ3) is 26.9. The van der Waals surface area contributed by atoms with E-state index in [1.807, 2.05) is 51.3 Å². The number of hydrogen-bond donors (Lipinski definition) is 4. The number of carbonyl (C=O) groups excluding carboxylic acids is 5. The molecule has 6 atom stereocenters. The number of fused-ring (bicyclic) bond motifs is 6. The molecule has 8 amide bonds. The Morgan fingerprint density at radius 3 is 1.26 bits per heavy atom. The Hall–Kier alpha value is -6.65. The van der Waals surface area contributed by atoms with Gasteiger partial charge in [0.1, 0.15) is 29.3 Å². The fourth-order valence-corrected chi connectivity index (χ4v) is 17.6. The van der Waals surface area contributed by atoms with E-state index in [0.29, 0.717) is 136 Å². The molecule has 10 heterocycles. The van der Waals surface area contributed by atoms with Crippen LogP contribution in [0, 0.1) is 0 Å². The van der Waals surface area contributed by atoms with E-state index in [4.69, 9.17) is 27.3 Å². The van der Waals surface area contributed by atoms with Crippen molar-refractivity contribution in [2.75, 3.05) is 78.5 Å². The zero-order chi connectivity index (χ0) is 82.4. The van der Waals surface area contributed by atoms with Crippen LogP contribution in [-0.2, 0) is 58.1 Å². The summed E-state index contributed by atoms with van der Waals surface area (Å²) in [6, 6.07) is -3.21. The van der Waals surface area contributed by atoms with Crippen molar-refractivity contribution in [1.82, 2.24) is 80.9 Å². The Labute approximate surface area is 673 Å². The molecule has 38 heteroatoms. The number of ether oxygens (including phenoxy) is 2. The van der Waals surface area contributed by atoms with Gasteiger partial charge < -0.3 is 66.9 Å². The summed E-state index contributed by atoms with van der Waals surface area (Å²) in [7, 11) is -9.82. The number of carbonyl (C=O) groups is 5. The second-order valence-corrected chi connectivity index (χ2v) is 36.0. The van der Waals surface area contributed by atoms with Crippen LogP contribution in [0.5, 0.6) is 0 Å². The molecule has 2 aliphatic carbocycles. The molecule has 6 bridgehead atoms. The minimum atomic E-state index is -5.06. The summed E-state index contributed by atoms with van der Waals surface area (Å²) in [5.41, 5.74) is -1.10. The second kappa shape index (κ2) is 42.7. The van der Waals surface area contributed by atoms with Gasteiger partial charge in [-0.05, 0) is 183 Å². The molecule has 114 heavy (non-hydrogen) atoms. The minimum Gasteiger partial charge on any atom is -0.724 e. The summed E-state index contributed by atoms with van der Waals surface area (Å²) in [5, 5.41) is 43.6. The number of nitrogens with one attached hydrogen (secondary N) is 2. The molecule has 7 saturated heterocycles. The monoisotopic (exact) mass is 1650 g/mol. The molecule has 0 spiro atoms. The molecule has 9 aliphatic rings. The highest BCUT2D eigenvalue weighted by Gasteiger charge is 2.51. The van der Waals surface area contributed by atoms with Gasteiger partial charge in [0.25, 0.3) is 0 Å². The van der Waals surface area contributed by atoms with Gasteiger partial charge in [0.2, 0.25) is 45.7 Å². The Morgan fingerprint density at radius 1 is 0.518 bits per heavy atom. The molecule has 0 radical (unpaired) electrons. The average Bonchev–Trinajstić information content (AvgIpc) is 1.63. The highest BCUT2D eigenvalue weighted by atomic mass is 32.3. The summed E-state index contributed by atoms with van der Waals surface area (Å²) in [5.74, 6) is 2.42. The number of rotatable bonds is 34. The Balaban J connectivity index is 0.000000179. The standard InChI is InChI=1S/C22H35N5O8S.C22H35N5O5.C16H26N6O6S.C16H36N/c1-22(2,3)34-21(29)25(15-8-5-4-6-9-15)13-7-10-18-23-24-19(33-18)17-12-11-16-14-26(17)20(28)27(16)35-36(30,31)32;1-22(2,3)32-21(29)25(15-8-5-4-6-9-15)13-7-10-18-23-24-19(31-18)17-12-11-16-14-26(17)20(28)27(16)30;23-16-21-10-12(22(16)28-29(24,25)26)3-4-13(21)15-20-19-14(27-15)2-1-7-18-11-5-8-17-9-6-11;1-5-9-13-17(14-10-6-2,15-11-7-3)16-12-8-4/h15-17H,4-14H2,1-3H3,(H,30,31,32);15-17,30H,4-14H2,1-3H3;11-13,17-18H,1-10H2,(H,24,25,26);5-16H2,1-4H3/q;;;+1/p-1/t2*16-,17+;12-,13+;/m111./s1. The van der Waals surface area contributed by atoms with E-state index in [1.54, 1.807) is 4.90 Å². The van der Waals surface area contributed by atoms with Gasteiger partial charge in [-0.15, -0.1) is 34.9 Å². The molecular weight excluding hydrogens is 1520 g/mol. The number of aryl methyl sites for hydroxylation is 3. The normalized spacial score (nSPS) is 22.5. The van der Waals surface area contributed by atoms with Crippen LogP contribution in [0.2, 0.25) is 0 Å². The van der Waals surface area contributed by atoms with Gasteiger partial charge in [0.05, 0.1) is 44.3 Å². The van der Waals surface area contributed by atoms with Gasteiger partial charge in [-0.25, -0.2) is 37.5 Å². The van der Waals surface area contributed by atoms with Crippen LogP contribution < -0.4 is 10.6 Å². The van der Waals surface area contributed by atoms with Gasteiger partial charge >= 0.3 is 40.7 Å². The minimum absolute atomic E-state index is 0.153. The van der Waals surface area contributed by atoms with E-state index < -0.39 is 74.3 Å². The molecule has 12 rings (SSSR count). The number of hydroxylamine groups is 6. The number of quaternary nitrogens is 1. The van der Waals surface area contributed by atoms with Crippen LogP contribution in [0.4, 0.5) is 24.0 Å². The van der Waals surface area contributed by atoms with Crippen LogP contribution in [-0.4, -0.2) is 262 Å². The van der Waals surface area contributed by atoms with Crippen molar-refractivity contribution in [1.29, 1.82) is 0 Å². The van der Waals surface area contributed by atoms with E-state index in [-0.39, 0.29) is 55.3 Å². The maximum atomic E-state index is 12.9. The molecule has 0 unspecified atom stereocenters. The van der Waals surface area contributed by atoms with Gasteiger partial charge in [0.15, 0.2) is 0 Å². The smallest absolute Gasteiger partial charge is 0.418 e. The maximum absolute atomic E-state index is 12.9. The zero-order valence-electron chi connectivity index (χ0n) is 69.2. The molecule has 3 aromatic rings. The van der Waals surface area contributed by atoms with Crippen molar-refractivity contribution < 1.29 is 90.9 Å². The summed E-state index contributed by atoms with van der Waals surface area (Å²) in [6.07, 6.45) is 30.7. The van der Waals surface area contributed by atoms with Crippen LogP contribution in [0.15, 0.2) is 13.3 Å². The van der Waals surface area contributed by atoms with Crippen LogP contribution in [0.3, 0.4) is 0 Å². The van der Waals surface area contributed by atoms with Gasteiger partial charge in [0, 0.05) is 70.1 Å². The quantitative estimate of drug-likeness (QED) is 0.0142.